The van der Waals surface area contributed by atoms with Gasteiger partial charge in [-0.05, 0) is 50.2 Å². The molecular formula is C13H28N2. The fraction of sp³-hybridized carbons (Fsp3) is 1.00. The Kier molecular flexibility index (Phi) is 5.07. The molecule has 1 aliphatic rings. The van der Waals surface area contributed by atoms with Gasteiger partial charge in [0.05, 0.1) is 0 Å². The van der Waals surface area contributed by atoms with E-state index in [2.05, 4.69) is 25.7 Å². The second kappa shape index (κ2) is 5.86. The van der Waals surface area contributed by atoms with Gasteiger partial charge in [-0.1, -0.05) is 27.2 Å². The average Bonchev–Trinajstić information content (AvgIpc) is 2.27. The molecule has 0 saturated carbocycles. The van der Waals surface area contributed by atoms with Crippen molar-refractivity contribution in [3.05, 3.63) is 0 Å². The molecule has 1 fully saturated rings. The summed E-state index contributed by atoms with van der Waals surface area (Å²) in [6.07, 6.45) is 5.28. The van der Waals surface area contributed by atoms with Crippen LogP contribution in [0.25, 0.3) is 0 Å². The first kappa shape index (κ1) is 13.0. The van der Waals surface area contributed by atoms with Crippen molar-refractivity contribution in [1.82, 2.24) is 4.90 Å². The van der Waals surface area contributed by atoms with Crippen molar-refractivity contribution in [1.29, 1.82) is 0 Å². The van der Waals surface area contributed by atoms with Crippen molar-refractivity contribution in [2.75, 3.05) is 26.2 Å². The molecule has 1 saturated heterocycles. The molecule has 1 heterocycles. The molecule has 0 spiro atoms. The molecule has 2 heteroatoms. The maximum absolute atomic E-state index is 5.75. The maximum atomic E-state index is 5.75. The largest absolute Gasteiger partial charge is 0.330 e. The van der Waals surface area contributed by atoms with Crippen LogP contribution in [0.2, 0.25) is 0 Å². The van der Waals surface area contributed by atoms with E-state index in [4.69, 9.17) is 5.73 Å². The third-order valence-corrected chi connectivity index (χ3v) is 4.00. The first-order valence-electron chi connectivity index (χ1n) is 6.50. The molecule has 90 valence electrons. The highest BCUT2D eigenvalue weighted by molar-refractivity contribution is 4.76. The zero-order chi connectivity index (χ0) is 11.3. The number of hydrogen-bond acceptors (Lipinski definition) is 2. The summed E-state index contributed by atoms with van der Waals surface area (Å²) in [7, 11) is 0. The predicted octanol–water partition coefficient (Wildman–Crippen LogP) is 2.48. The predicted molar refractivity (Wildman–Crippen MR) is 66.9 cm³/mol. The molecule has 15 heavy (non-hydrogen) atoms. The molecule has 0 aromatic carbocycles. The van der Waals surface area contributed by atoms with Gasteiger partial charge in [-0.2, -0.15) is 0 Å². The van der Waals surface area contributed by atoms with Gasteiger partial charge < -0.3 is 10.6 Å². The molecular weight excluding hydrogens is 184 g/mol. The summed E-state index contributed by atoms with van der Waals surface area (Å²) in [5.41, 5.74) is 6.26. The minimum Gasteiger partial charge on any atom is -0.330 e. The van der Waals surface area contributed by atoms with Crippen molar-refractivity contribution in [2.24, 2.45) is 17.1 Å². The highest BCUT2D eigenvalue weighted by Crippen LogP contribution is 2.25. The van der Waals surface area contributed by atoms with Crippen LogP contribution < -0.4 is 5.73 Å². The molecule has 1 aliphatic heterocycles. The first-order valence-corrected chi connectivity index (χ1v) is 6.50. The van der Waals surface area contributed by atoms with Crippen molar-refractivity contribution >= 4 is 0 Å². The molecule has 0 bridgehead atoms. The van der Waals surface area contributed by atoms with Crippen LogP contribution in [0.4, 0.5) is 0 Å². The summed E-state index contributed by atoms with van der Waals surface area (Å²) in [6.45, 7) is 11.7. The van der Waals surface area contributed by atoms with Gasteiger partial charge in [0.2, 0.25) is 0 Å². The quantitative estimate of drug-likeness (QED) is 0.758. The van der Waals surface area contributed by atoms with Crippen LogP contribution in [0.15, 0.2) is 0 Å². The SMILES string of the molecule is CCC(C)(C)CCN1CCCC(CN)C1. The van der Waals surface area contributed by atoms with Crippen LogP contribution in [0.5, 0.6) is 0 Å². The second-order valence-corrected chi connectivity index (χ2v) is 5.81. The lowest BCUT2D eigenvalue weighted by atomic mass is 9.86. The van der Waals surface area contributed by atoms with E-state index in [1.807, 2.05) is 0 Å². The van der Waals surface area contributed by atoms with Crippen molar-refractivity contribution < 1.29 is 0 Å². The molecule has 0 radical (unpaired) electrons. The maximum Gasteiger partial charge on any atom is 0.00217 e. The van der Waals surface area contributed by atoms with Gasteiger partial charge in [-0.25, -0.2) is 0 Å². The van der Waals surface area contributed by atoms with E-state index >= 15 is 0 Å². The number of nitrogens with two attached hydrogens (primary N) is 1. The van der Waals surface area contributed by atoms with Gasteiger partial charge in [0.25, 0.3) is 0 Å². The number of piperidine rings is 1. The molecule has 0 aliphatic carbocycles. The summed E-state index contributed by atoms with van der Waals surface area (Å²) in [5.74, 6) is 0.753. The highest BCUT2D eigenvalue weighted by Gasteiger charge is 2.21. The Morgan fingerprint density at radius 1 is 1.40 bits per heavy atom. The molecule has 0 amide bonds. The number of rotatable bonds is 5. The van der Waals surface area contributed by atoms with E-state index in [0.29, 0.717) is 5.41 Å². The normalized spacial score (nSPS) is 24.4. The molecule has 1 rings (SSSR count). The third kappa shape index (κ3) is 4.52. The van der Waals surface area contributed by atoms with Crippen molar-refractivity contribution in [3.63, 3.8) is 0 Å². The Hall–Kier alpha value is -0.0800. The lowest BCUT2D eigenvalue weighted by Gasteiger charge is -2.34. The Morgan fingerprint density at radius 2 is 2.13 bits per heavy atom. The Morgan fingerprint density at radius 3 is 2.73 bits per heavy atom. The lowest BCUT2D eigenvalue weighted by molar-refractivity contribution is 0.152. The summed E-state index contributed by atoms with van der Waals surface area (Å²) < 4.78 is 0. The van der Waals surface area contributed by atoms with Crippen LogP contribution in [0.1, 0.15) is 46.5 Å². The number of hydrogen-bond donors (Lipinski definition) is 1. The molecule has 1 atom stereocenters. The summed E-state index contributed by atoms with van der Waals surface area (Å²) in [4.78, 5) is 2.61. The molecule has 2 N–H and O–H groups in total. The van der Waals surface area contributed by atoms with E-state index in [9.17, 15) is 0 Å². The average molecular weight is 212 g/mol. The van der Waals surface area contributed by atoms with Crippen molar-refractivity contribution in [3.8, 4) is 0 Å². The van der Waals surface area contributed by atoms with E-state index in [1.54, 1.807) is 0 Å². The van der Waals surface area contributed by atoms with Gasteiger partial charge in [-0.3, -0.25) is 0 Å². The molecule has 2 nitrogen and oxygen atoms in total. The Bertz CT molecular complexity index is 177. The van der Waals surface area contributed by atoms with Crippen LogP contribution in [-0.4, -0.2) is 31.1 Å². The standard InChI is InChI=1S/C13H28N2/c1-4-13(2,3)7-9-15-8-5-6-12(10-14)11-15/h12H,4-11,14H2,1-3H3. The van der Waals surface area contributed by atoms with E-state index in [-0.39, 0.29) is 0 Å². The van der Waals surface area contributed by atoms with Crippen LogP contribution in [-0.2, 0) is 0 Å². The van der Waals surface area contributed by atoms with E-state index in [1.165, 1.54) is 45.3 Å². The van der Waals surface area contributed by atoms with Gasteiger partial charge in [-0.15, -0.1) is 0 Å². The van der Waals surface area contributed by atoms with Crippen LogP contribution in [0.3, 0.4) is 0 Å². The minimum absolute atomic E-state index is 0.510. The van der Waals surface area contributed by atoms with Gasteiger partial charge in [0, 0.05) is 6.54 Å². The van der Waals surface area contributed by atoms with Gasteiger partial charge in [0.15, 0.2) is 0 Å². The van der Waals surface area contributed by atoms with Gasteiger partial charge in [0.1, 0.15) is 0 Å². The van der Waals surface area contributed by atoms with Crippen LogP contribution in [0, 0.1) is 11.3 Å². The van der Waals surface area contributed by atoms with Crippen molar-refractivity contribution in [2.45, 2.75) is 46.5 Å². The topological polar surface area (TPSA) is 29.3 Å². The zero-order valence-corrected chi connectivity index (χ0v) is 10.8. The van der Waals surface area contributed by atoms with Gasteiger partial charge >= 0.3 is 0 Å². The van der Waals surface area contributed by atoms with E-state index < -0.39 is 0 Å². The monoisotopic (exact) mass is 212 g/mol. The first-order chi connectivity index (χ1) is 7.07. The summed E-state index contributed by atoms with van der Waals surface area (Å²) in [6, 6.07) is 0. The fourth-order valence-electron chi connectivity index (χ4n) is 2.18. The van der Waals surface area contributed by atoms with Crippen LogP contribution >= 0.6 is 0 Å². The minimum atomic E-state index is 0.510. The lowest BCUT2D eigenvalue weighted by Crippen LogP contribution is -2.39. The molecule has 0 aromatic heterocycles. The summed E-state index contributed by atoms with van der Waals surface area (Å²) in [5, 5.41) is 0. The summed E-state index contributed by atoms with van der Waals surface area (Å²) >= 11 is 0. The fourth-order valence-corrected chi connectivity index (χ4v) is 2.18. The van der Waals surface area contributed by atoms with E-state index in [0.717, 1.165) is 12.5 Å². The number of likely N-dealkylation sites (tertiary alicyclic amines) is 1. The highest BCUT2D eigenvalue weighted by atomic mass is 15.1. The smallest absolute Gasteiger partial charge is 0.00217 e. The Labute approximate surface area is 95.2 Å². The zero-order valence-electron chi connectivity index (χ0n) is 10.8. The Balaban J connectivity index is 2.26. The molecule has 0 aromatic rings. The number of nitrogens with zero attached hydrogens (tertiary/aromatic N) is 1. The third-order valence-electron chi connectivity index (χ3n) is 4.00. The second-order valence-electron chi connectivity index (χ2n) is 5.81. The molecule has 1 unspecified atom stereocenters.